The van der Waals surface area contributed by atoms with Gasteiger partial charge in [0.1, 0.15) is 0 Å². The van der Waals surface area contributed by atoms with E-state index in [4.69, 9.17) is 4.42 Å². The lowest BCUT2D eigenvalue weighted by molar-refractivity contribution is 0.657. The van der Waals surface area contributed by atoms with Gasteiger partial charge >= 0.3 is 0 Å². The average Bonchev–Trinajstić information content (AvgIpc) is 2.56. The van der Waals surface area contributed by atoms with Crippen molar-refractivity contribution in [1.29, 1.82) is 0 Å². The van der Waals surface area contributed by atoms with E-state index in [-0.39, 0.29) is 0 Å². The zero-order valence-electron chi connectivity index (χ0n) is 11.6. The lowest BCUT2D eigenvalue weighted by Crippen LogP contribution is -1.85. The molecule has 0 saturated carbocycles. The Morgan fingerprint density at radius 3 is 2.36 bits per heavy atom. The van der Waals surface area contributed by atoms with E-state index in [1.807, 2.05) is 30.3 Å². The molecule has 5 rings (SSSR count). The van der Waals surface area contributed by atoms with Crippen LogP contribution in [0.1, 0.15) is 0 Å². The fourth-order valence-corrected chi connectivity index (χ4v) is 3.78. The summed E-state index contributed by atoms with van der Waals surface area (Å²) < 4.78 is 8.46. The molecule has 5 aromatic rings. The quantitative estimate of drug-likeness (QED) is 0.352. The van der Waals surface area contributed by atoms with Gasteiger partial charge in [-0.1, -0.05) is 24.3 Å². The first-order valence-corrected chi connectivity index (χ1v) is 7.94. The molecule has 3 aromatic carbocycles. The van der Waals surface area contributed by atoms with E-state index in [1.165, 1.54) is 9.40 Å². The van der Waals surface area contributed by atoms with Gasteiger partial charge in [0.25, 0.3) is 0 Å². The monoisotopic (exact) mass is 304 g/mol. The van der Waals surface area contributed by atoms with Crippen LogP contribution in [0.2, 0.25) is 0 Å². The van der Waals surface area contributed by atoms with Gasteiger partial charge in [-0.2, -0.15) is 0 Å². The Hall–Kier alpha value is -2.72. The normalized spacial score (nSPS) is 11.6. The van der Waals surface area contributed by atoms with Gasteiger partial charge in [0.2, 0.25) is 0 Å². The number of H-pyrrole nitrogens is 2. The molecule has 0 bridgehead atoms. The summed E-state index contributed by atoms with van der Waals surface area (Å²) in [6, 6.07) is 20.5. The van der Waals surface area contributed by atoms with Crippen molar-refractivity contribution in [2.75, 3.05) is 0 Å². The molecule has 106 valence electrons. The molecule has 0 spiro atoms. The smallest absolute Gasteiger partial charge is 0.153 e. The van der Waals surface area contributed by atoms with Crippen LogP contribution in [0.5, 0.6) is 0 Å². The van der Waals surface area contributed by atoms with Crippen molar-refractivity contribution in [3.05, 3.63) is 60.7 Å². The fourth-order valence-electron chi connectivity index (χ4n) is 2.77. The van der Waals surface area contributed by atoms with Crippen LogP contribution in [0.25, 0.3) is 42.6 Å². The van der Waals surface area contributed by atoms with Crippen molar-refractivity contribution in [2.24, 2.45) is 0 Å². The number of aromatic nitrogens is 2. The number of nitrogens with one attached hydrogen (secondary N) is 2. The second kappa shape index (κ2) is 4.39. The molecule has 22 heavy (non-hydrogen) atoms. The number of hydrogen-bond donors (Lipinski definition) is 2. The molecule has 2 N–H and O–H groups in total. The standard InChI is InChI=1S/C18H12N2OS/c1-3-7-15-11(5-1)19-13-10-18-14(9-16(13)21-15)20-12-6-2-4-8-17(12)22-18/h1-10,19-20H. The maximum absolute atomic E-state index is 6.02. The number of benzene rings is 3. The van der Waals surface area contributed by atoms with Gasteiger partial charge in [0.05, 0.1) is 31.5 Å². The van der Waals surface area contributed by atoms with E-state index in [9.17, 15) is 0 Å². The highest BCUT2D eigenvalue weighted by molar-refractivity contribution is 7.24. The summed E-state index contributed by atoms with van der Waals surface area (Å²) in [4.78, 5) is 6.93. The first-order chi connectivity index (χ1) is 10.9. The molecule has 0 aliphatic rings. The molecule has 3 nitrogen and oxygen atoms in total. The van der Waals surface area contributed by atoms with E-state index >= 15 is 0 Å². The van der Waals surface area contributed by atoms with Gasteiger partial charge in [-0.25, -0.2) is 0 Å². The molecule has 2 heterocycles. The van der Waals surface area contributed by atoms with E-state index in [1.54, 1.807) is 11.3 Å². The predicted octanol–water partition coefficient (Wildman–Crippen LogP) is 5.73. The molecule has 0 amide bonds. The van der Waals surface area contributed by atoms with Crippen molar-refractivity contribution in [3.8, 4) is 0 Å². The van der Waals surface area contributed by atoms with Crippen molar-refractivity contribution < 1.29 is 4.42 Å². The third-order valence-electron chi connectivity index (χ3n) is 3.83. The first-order valence-electron chi connectivity index (χ1n) is 7.13. The predicted molar refractivity (Wildman–Crippen MR) is 92.9 cm³/mol. The molecule has 0 fully saturated rings. The van der Waals surface area contributed by atoms with Crippen LogP contribution in [-0.2, 0) is 0 Å². The molecule has 0 saturated heterocycles. The number of rotatable bonds is 0. The van der Waals surface area contributed by atoms with E-state index < -0.39 is 0 Å². The minimum absolute atomic E-state index is 0.852. The summed E-state index contributed by atoms with van der Waals surface area (Å²) in [5.41, 5.74) is 5.95. The Labute approximate surface area is 129 Å². The van der Waals surface area contributed by atoms with Crippen LogP contribution in [0, 0.1) is 0 Å². The zero-order valence-corrected chi connectivity index (χ0v) is 12.4. The SMILES string of the molecule is c1ccc2oc3cc4[nH]c5ccccc5sc4cc3[nH]c2c1. The number of hydrogen-bond acceptors (Lipinski definition) is 2. The Balaban J connectivity index is 1.93. The third-order valence-corrected chi connectivity index (χ3v) is 4.97. The van der Waals surface area contributed by atoms with Crippen LogP contribution in [0.3, 0.4) is 0 Å². The first kappa shape index (κ1) is 11.9. The van der Waals surface area contributed by atoms with Crippen LogP contribution >= 0.6 is 11.3 Å². The lowest BCUT2D eigenvalue weighted by atomic mass is 10.2. The summed E-state index contributed by atoms with van der Waals surface area (Å²) in [6.45, 7) is 0. The van der Waals surface area contributed by atoms with Gasteiger partial charge in [0.15, 0.2) is 11.2 Å². The summed E-state index contributed by atoms with van der Waals surface area (Å²) >= 11 is 1.78. The van der Waals surface area contributed by atoms with E-state index in [0.717, 1.165) is 33.2 Å². The van der Waals surface area contributed by atoms with Crippen molar-refractivity contribution in [2.45, 2.75) is 0 Å². The Kier molecular flexibility index (Phi) is 2.37. The number of aromatic amines is 2. The summed E-state index contributed by atoms with van der Waals surface area (Å²) in [5.74, 6) is 0. The highest BCUT2D eigenvalue weighted by atomic mass is 32.1. The lowest BCUT2D eigenvalue weighted by Gasteiger charge is -2.06. The van der Waals surface area contributed by atoms with Crippen LogP contribution < -0.4 is 0 Å². The van der Waals surface area contributed by atoms with Crippen molar-refractivity contribution in [3.63, 3.8) is 0 Å². The Morgan fingerprint density at radius 1 is 0.636 bits per heavy atom. The highest BCUT2D eigenvalue weighted by Gasteiger charge is 2.05. The Bertz CT molecular complexity index is 1000. The highest BCUT2D eigenvalue weighted by Crippen LogP contribution is 2.29. The second-order valence-electron chi connectivity index (χ2n) is 5.29. The molecule has 2 aromatic heterocycles. The summed E-state index contributed by atoms with van der Waals surface area (Å²) in [6.07, 6.45) is 0. The molecular weight excluding hydrogens is 292 g/mol. The van der Waals surface area contributed by atoms with Crippen molar-refractivity contribution in [1.82, 2.24) is 9.97 Å². The maximum Gasteiger partial charge on any atom is 0.153 e. The molecule has 4 heteroatoms. The maximum atomic E-state index is 6.02. The topological polar surface area (TPSA) is 44.7 Å². The van der Waals surface area contributed by atoms with Gasteiger partial charge in [-0.15, -0.1) is 11.3 Å². The van der Waals surface area contributed by atoms with E-state index in [2.05, 4.69) is 40.3 Å². The van der Waals surface area contributed by atoms with Crippen LogP contribution in [0.15, 0.2) is 65.1 Å². The van der Waals surface area contributed by atoms with Gasteiger partial charge in [0, 0.05) is 6.07 Å². The van der Waals surface area contributed by atoms with E-state index in [0.29, 0.717) is 0 Å². The minimum Gasteiger partial charge on any atom is -0.453 e. The second-order valence-corrected chi connectivity index (χ2v) is 6.37. The van der Waals surface area contributed by atoms with Gasteiger partial charge < -0.3 is 14.4 Å². The van der Waals surface area contributed by atoms with Crippen LogP contribution in [0.4, 0.5) is 0 Å². The largest absolute Gasteiger partial charge is 0.453 e. The molecule has 0 atom stereocenters. The molecule has 0 aliphatic heterocycles. The Morgan fingerprint density at radius 2 is 1.41 bits per heavy atom. The molecule has 0 radical (unpaired) electrons. The zero-order chi connectivity index (χ0) is 14.5. The average molecular weight is 304 g/mol. The molecule has 0 aliphatic carbocycles. The number of fused-ring (bicyclic) bond motifs is 4. The molecular formula is C18H12N2OS. The fraction of sp³-hybridized carbons (Fsp3) is 0. The minimum atomic E-state index is 0.852. The third kappa shape index (κ3) is 1.74. The van der Waals surface area contributed by atoms with Gasteiger partial charge in [-0.3, -0.25) is 0 Å². The van der Waals surface area contributed by atoms with Crippen molar-refractivity contribution >= 4 is 54.0 Å². The van der Waals surface area contributed by atoms with Crippen LogP contribution in [-0.4, -0.2) is 9.97 Å². The molecule has 0 unspecified atom stereocenters. The summed E-state index contributed by atoms with van der Waals surface area (Å²) in [5, 5.41) is 0. The van der Waals surface area contributed by atoms with Gasteiger partial charge in [-0.05, 0) is 30.3 Å². The summed E-state index contributed by atoms with van der Waals surface area (Å²) in [7, 11) is 0. The number of para-hydroxylation sites is 3.